The number of hydrogen-bond acceptors (Lipinski definition) is 6. The van der Waals surface area contributed by atoms with Crippen molar-refractivity contribution in [3.8, 4) is 0 Å². The van der Waals surface area contributed by atoms with E-state index in [1.807, 2.05) is 40.1 Å². The fourth-order valence-electron chi connectivity index (χ4n) is 3.95. The lowest BCUT2D eigenvalue weighted by molar-refractivity contribution is -0.135. The molecule has 2 aromatic heterocycles. The van der Waals surface area contributed by atoms with Gasteiger partial charge in [-0.1, -0.05) is 13.8 Å². The molecule has 0 unspecified atom stereocenters. The maximum absolute atomic E-state index is 12.6. The Bertz CT molecular complexity index is 863. The fraction of sp³-hybridized carbons (Fsp3) is 0.579. The lowest BCUT2D eigenvalue weighted by Gasteiger charge is -2.30. The van der Waals surface area contributed by atoms with Gasteiger partial charge in [0.25, 0.3) is 0 Å². The molecule has 0 bridgehead atoms. The standard InChI is InChI=1S/C19H25N5O3S/c1-12(2)19(27)24-9-14(25)8-15(24)18-21-20-16-10-22(4-5-23(16)18)17(26)7-13-3-6-28-11-13/h3,6,11-12,14-15,25H,4-5,7-10H2,1-2H3/t14-,15+/m1/s1. The number of fused-ring (bicyclic) bond motifs is 1. The first-order chi connectivity index (χ1) is 13.4. The van der Waals surface area contributed by atoms with Crippen molar-refractivity contribution in [1.82, 2.24) is 24.6 Å². The number of aliphatic hydroxyl groups excluding tert-OH is 1. The average molecular weight is 404 g/mol. The molecular formula is C19H25N5O3S. The Hall–Kier alpha value is -2.26. The minimum Gasteiger partial charge on any atom is -0.391 e. The van der Waals surface area contributed by atoms with E-state index >= 15 is 0 Å². The summed E-state index contributed by atoms with van der Waals surface area (Å²) in [7, 11) is 0. The first kappa shape index (κ1) is 19.1. The first-order valence-corrected chi connectivity index (χ1v) is 10.6. The number of hydrogen-bond donors (Lipinski definition) is 1. The molecule has 2 amide bonds. The van der Waals surface area contributed by atoms with Crippen molar-refractivity contribution in [3.63, 3.8) is 0 Å². The SMILES string of the molecule is CC(C)C(=O)N1C[C@H](O)C[C@H]1c1nnc2n1CCN(C(=O)Cc1ccsc1)C2. The van der Waals surface area contributed by atoms with Crippen LogP contribution >= 0.6 is 11.3 Å². The molecule has 1 fully saturated rings. The molecule has 9 heteroatoms. The summed E-state index contributed by atoms with van der Waals surface area (Å²) >= 11 is 1.59. The van der Waals surface area contributed by atoms with Crippen LogP contribution in [0.15, 0.2) is 16.8 Å². The molecular weight excluding hydrogens is 378 g/mol. The molecule has 2 aliphatic rings. The maximum Gasteiger partial charge on any atom is 0.227 e. The number of β-amino-alcohol motifs (C(OH)–C–C–N with tert-alkyl or cyclic N) is 1. The van der Waals surface area contributed by atoms with E-state index < -0.39 is 6.10 Å². The summed E-state index contributed by atoms with van der Waals surface area (Å²) in [6, 6.07) is 1.71. The first-order valence-electron chi connectivity index (χ1n) is 9.63. The van der Waals surface area contributed by atoms with Crippen molar-refractivity contribution in [1.29, 1.82) is 0 Å². The Morgan fingerprint density at radius 1 is 1.32 bits per heavy atom. The number of carbonyl (C=O) groups excluding carboxylic acids is 2. The van der Waals surface area contributed by atoms with Crippen LogP contribution < -0.4 is 0 Å². The van der Waals surface area contributed by atoms with Crippen molar-refractivity contribution in [2.45, 2.75) is 51.9 Å². The van der Waals surface area contributed by atoms with Crippen LogP contribution in [0.25, 0.3) is 0 Å². The van der Waals surface area contributed by atoms with Crippen LogP contribution in [0.2, 0.25) is 0 Å². The van der Waals surface area contributed by atoms with Gasteiger partial charge in [-0.2, -0.15) is 11.3 Å². The predicted molar refractivity (Wildman–Crippen MR) is 103 cm³/mol. The largest absolute Gasteiger partial charge is 0.391 e. The van der Waals surface area contributed by atoms with E-state index in [0.717, 1.165) is 11.4 Å². The molecule has 2 aliphatic heterocycles. The number of amides is 2. The van der Waals surface area contributed by atoms with Crippen LogP contribution in [-0.4, -0.2) is 60.7 Å². The number of nitrogens with zero attached hydrogens (tertiary/aromatic N) is 5. The van der Waals surface area contributed by atoms with E-state index in [2.05, 4.69) is 10.2 Å². The zero-order chi connectivity index (χ0) is 19.8. The van der Waals surface area contributed by atoms with Gasteiger partial charge in [-0.3, -0.25) is 9.59 Å². The van der Waals surface area contributed by atoms with E-state index in [4.69, 9.17) is 0 Å². The second kappa shape index (κ2) is 7.63. The third kappa shape index (κ3) is 3.56. The molecule has 28 heavy (non-hydrogen) atoms. The van der Waals surface area contributed by atoms with Gasteiger partial charge in [0, 0.05) is 32.0 Å². The van der Waals surface area contributed by atoms with Crippen LogP contribution in [0.5, 0.6) is 0 Å². The summed E-state index contributed by atoms with van der Waals surface area (Å²) in [5.41, 5.74) is 1.03. The quantitative estimate of drug-likeness (QED) is 0.829. The number of carbonyl (C=O) groups is 2. The molecule has 0 spiro atoms. The van der Waals surface area contributed by atoms with Gasteiger partial charge in [0.2, 0.25) is 11.8 Å². The zero-order valence-corrected chi connectivity index (χ0v) is 16.9. The minimum absolute atomic E-state index is 0.0160. The lowest BCUT2D eigenvalue weighted by atomic mass is 10.1. The number of rotatable bonds is 4. The Morgan fingerprint density at radius 2 is 2.14 bits per heavy atom. The van der Waals surface area contributed by atoms with Gasteiger partial charge in [0.05, 0.1) is 25.1 Å². The smallest absolute Gasteiger partial charge is 0.227 e. The fourth-order valence-corrected chi connectivity index (χ4v) is 4.62. The van der Waals surface area contributed by atoms with Gasteiger partial charge in [0.15, 0.2) is 11.6 Å². The molecule has 0 aliphatic carbocycles. The zero-order valence-electron chi connectivity index (χ0n) is 16.1. The van der Waals surface area contributed by atoms with Crippen LogP contribution in [0.1, 0.15) is 43.5 Å². The van der Waals surface area contributed by atoms with Crippen molar-refractivity contribution in [3.05, 3.63) is 34.0 Å². The highest BCUT2D eigenvalue weighted by molar-refractivity contribution is 7.08. The van der Waals surface area contributed by atoms with Crippen molar-refractivity contribution < 1.29 is 14.7 Å². The van der Waals surface area contributed by atoms with E-state index in [-0.39, 0.29) is 23.8 Å². The third-order valence-electron chi connectivity index (χ3n) is 5.42. The molecule has 2 aromatic rings. The topological polar surface area (TPSA) is 91.6 Å². The molecule has 150 valence electrons. The van der Waals surface area contributed by atoms with Gasteiger partial charge >= 0.3 is 0 Å². The summed E-state index contributed by atoms with van der Waals surface area (Å²) in [6.45, 7) is 5.66. The summed E-state index contributed by atoms with van der Waals surface area (Å²) in [5, 5.41) is 22.7. The van der Waals surface area contributed by atoms with Crippen LogP contribution in [0.4, 0.5) is 0 Å². The number of thiophene rings is 1. The average Bonchev–Trinajstić information content (AvgIpc) is 3.39. The summed E-state index contributed by atoms with van der Waals surface area (Å²) in [5.74, 6) is 1.41. The lowest BCUT2D eigenvalue weighted by Crippen LogP contribution is -2.40. The van der Waals surface area contributed by atoms with Gasteiger partial charge in [0.1, 0.15) is 0 Å². The van der Waals surface area contributed by atoms with Crippen molar-refractivity contribution in [2.75, 3.05) is 13.1 Å². The maximum atomic E-state index is 12.6. The number of aliphatic hydroxyl groups is 1. The molecule has 4 rings (SSSR count). The Balaban J connectivity index is 1.50. The van der Waals surface area contributed by atoms with E-state index in [0.29, 0.717) is 44.8 Å². The van der Waals surface area contributed by atoms with Gasteiger partial charge in [-0.25, -0.2) is 0 Å². The van der Waals surface area contributed by atoms with Crippen LogP contribution in [-0.2, 0) is 29.1 Å². The summed E-state index contributed by atoms with van der Waals surface area (Å²) in [6.07, 6.45) is 0.320. The van der Waals surface area contributed by atoms with Crippen molar-refractivity contribution in [2.24, 2.45) is 5.92 Å². The highest BCUT2D eigenvalue weighted by atomic mass is 32.1. The highest BCUT2D eigenvalue weighted by Gasteiger charge is 2.40. The second-order valence-electron chi connectivity index (χ2n) is 7.80. The minimum atomic E-state index is -0.548. The number of likely N-dealkylation sites (tertiary alicyclic amines) is 1. The molecule has 8 nitrogen and oxygen atoms in total. The Morgan fingerprint density at radius 3 is 2.86 bits per heavy atom. The molecule has 1 saturated heterocycles. The van der Waals surface area contributed by atoms with E-state index in [9.17, 15) is 14.7 Å². The second-order valence-corrected chi connectivity index (χ2v) is 8.58. The molecule has 4 heterocycles. The predicted octanol–water partition coefficient (Wildman–Crippen LogP) is 1.21. The molecule has 0 radical (unpaired) electrons. The molecule has 1 N–H and O–H groups in total. The third-order valence-corrected chi connectivity index (χ3v) is 6.16. The van der Waals surface area contributed by atoms with Gasteiger partial charge in [-0.05, 0) is 22.4 Å². The molecule has 0 saturated carbocycles. The van der Waals surface area contributed by atoms with E-state index in [1.54, 1.807) is 16.2 Å². The van der Waals surface area contributed by atoms with Crippen LogP contribution in [0, 0.1) is 5.92 Å². The normalized spacial score (nSPS) is 22.0. The van der Waals surface area contributed by atoms with E-state index in [1.165, 1.54) is 0 Å². The Labute approximate surface area is 167 Å². The highest BCUT2D eigenvalue weighted by Crippen LogP contribution is 2.33. The molecule has 0 aromatic carbocycles. The van der Waals surface area contributed by atoms with Gasteiger partial charge < -0.3 is 19.5 Å². The van der Waals surface area contributed by atoms with Crippen LogP contribution in [0.3, 0.4) is 0 Å². The monoisotopic (exact) mass is 403 g/mol. The molecule has 2 atom stereocenters. The van der Waals surface area contributed by atoms with Gasteiger partial charge in [-0.15, -0.1) is 10.2 Å². The van der Waals surface area contributed by atoms with Crippen molar-refractivity contribution >= 4 is 23.2 Å². The number of aromatic nitrogens is 3. The summed E-state index contributed by atoms with van der Waals surface area (Å²) < 4.78 is 2.01. The summed E-state index contributed by atoms with van der Waals surface area (Å²) in [4.78, 5) is 28.7. The Kier molecular flexibility index (Phi) is 5.20.